The molecule has 1 aromatic rings. The predicted octanol–water partition coefficient (Wildman–Crippen LogP) is 1.02. The van der Waals surface area contributed by atoms with E-state index in [9.17, 15) is 5.11 Å². The van der Waals surface area contributed by atoms with E-state index in [-0.39, 0.29) is 5.75 Å². The first-order chi connectivity index (χ1) is 5.70. The Morgan fingerprint density at radius 3 is 2.75 bits per heavy atom. The molecule has 0 fully saturated rings. The average molecular weight is 168 g/mol. The molecule has 0 spiro atoms. The maximum Gasteiger partial charge on any atom is 0.228 e. The molecule has 0 saturated carbocycles. The molecule has 0 radical (unpaired) electrons. The van der Waals surface area contributed by atoms with Crippen LogP contribution in [-0.4, -0.2) is 12.2 Å². The van der Waals surface area contributed by atoms with Crippen molar-refractivity contribution in [3.8, 4) is 11.5 Å². The zero-order valence-corrected chi connectivity index (χ0v) is 7.66. The fourth-order valence-electron chi connectivity index (χ4n) is 1.26. The summed E-state index contributed by atoms with van der Waals surface area (Å²) in [6, 6.07) is 1.63. The molecule has 0 aromatic carbocycles. The molecule has 3 heteroatoms. The van der Waals surface area contributed by atoms with Gasteiger partial charge in [0.25, 0.3) is 0 Å². The number of rotatable bonds is 2. The van der Waals surface area contributed by atoms with Gasteiger partial charge in [-0.05, 0) is 6.92 Å². The van der Waals surface area contributed by atoms with Crippen molar-refractivity contribution in [1.82, 2.24) is 0 Å². The minimum Gasteiger partial charge on any atom is -0.504 e. The Morgan fingerprint density at radius 1 is 1.58 bits per heavy atom. The number of aromatic nitrogens is 1. The van der Waals surface area contributed by atoms with Gasteiger partial charge in [-0.3, -0.25) is 0 Å². The lowest BCUT2D eigenvalue weighted by molar-refractivity contribution is -0.699. The molecular weight excluding hydrogens is 154 g/mol. The second-order valence-electron chi connectivity index (χ2n) is 2.61. The number of aryl methyl sites for hydroxylation is 1. The summed E-state index contributed by atoms with van der Waals surface area (Å²) in [5, 5.41) is 9.37. The summed E-state index contributed by atoms with van der Waals surface area (Å²) < 4.78 is 7.06. The van der Waals surface area contributed by atoms with Gasteiger partial charge < -0.3 is 9.84 Å². The number of pyridine rings is 1. The summed E-state index contributed by atoms with van der Waals surface area (Å²) >= 11 is 0. The zero-order valence-electron chi connectivity index (χ0n) is 7.66. The van der Waals surface area contributed by atoms with Crippen LogP contribution in [0.2, 0.25) is 0 Å². The first-order valence-electron chi connectivity index (χ1n) is 3.96. The molecule has 1 rings (SSSR count). The third-order valence-electron chi connectivity index (χ3n) is 1.95. The third kappa shape index (κ3) is 1.35. The van der Waals surface area contributed by atoms with Gasteiger partial charge in [0.2, 0.25) is 11.4 Å². The molecule has 0 amide bonds. The van der Waals surface area contributed by atoms with Crippen LogP contribution < -0.4 is 9.30 Å². The monoisotopic (exact) mass is 168 g/mol. The first kappa shape index (κ1) is 8.84. The van der Waals surface area contributed by atoms with E-state index in [1.165, 1.54) is 0 Å². The van der Waals surface area contributed by atoms with E-state index in [0.717, 1.165) is 12.2 Å². The van der Waals surface area contributed by atoms with Crippen molar-refractivity contribution in [2.24, 2.45) is 0 Å². The number of ether oxygens (including phenoxy) is 1. The summed E-state index contributed by atoms with van der Waals surface area (Å²) in [5.41, 5.74) is 0.944. The van der Waals surface area contributed by atoms with Crippen LogP contribution in [0.1, 0.15) is 12.6 Å². The zero-order chi connectivity index (χ0) is 9.14. The quantitative estimate of drug-likeness (QED) is 0.669. The molecule has 66 valence electrons. The van der Waals surface area contributed by atoms with Gasteiger partial charge in [0, 0.05) is 13.0 Å². The summed E-state index contributed by atoms with van der Waals surface area (Å²) in [6.07, 6.45) is 1.84. The molecule has 1 aromatic heterocycles. The minimum atomic E-state index is 0.194. The van der Waals surface area contributed by atoms with Gasteiger partial charge in [-0.25, -0.2) is 0 Å². The second-order valence-corrected chi connectivity index (χ2v) is 2.61. The van der Waals surface area contributed by atoms with Gasteiger partial charge in [0.1, 0.15) is 6.54 Å². The van der Waals surface area contributed by atoms with Crippen molar-refractivity contribution in [3.05, 3.63) is 18.0 Å². The number of nitrogens with zero attached hydrogens (tertiary/aromatic N) is 1. The SMILES string of the molecule is CC[n+]1ccc(O)c(OC)c1C. The number of hydrogen-bond donors (Lipinski definition) is 1. The molecule has 12 heavy (non-hydrogen) atoms. The molecule has 0 saturated heterocycles. The lowest BCUT2D eigenvalue weighted by atomic mass is 10.3. The average Bonchev–Trinajstić information content (AvgIpc) is 2.06. The normalized spacial score (nSPS) is 9.92. The lowest BCUT2D eigenvalue weighted by Crippen LogP contribution is -2.35. The summed E-state index contributed by atoms with van der Waals surface area (Å²) in [4.78, 5) is 0. The van der Waals surface area contributed by atoms with E-state index in [1.54, 1.807) is 13.2 Å². The molecule has 1 heterocycles. The highest BCUT2D eigenvalue weighted by atomic mass is 16.5. The fraction of sp³-hybridized carbons (Fsp3) is 0.444. The number of methoxy groups -OCH3 is 1. The topological polar surface area (TPSA) is 33.3 Å². The lowest BCUT2D eigenvalue weighted by Gasteiger charge is -2.04. The van der Waals surface area contributed by atoms with Gasteiger partial charge in [0.15, 0.2) is 11.9 Å². The Morgan fingerprint density at radius 2 is 2.25 bits per heavy atom. The van der Waals surface area contributed by atoms with Crippen molar-refractivity contribution in [1.29, 1.82) is 0 Å². The molecule has 3 nitrogen and oxygen atoms in total. The van der Waals surface area contributed by atoms with Crippen LogP contribution in [0.15, 0.2) is 12.3 Å². The summed E-state index contributed by atoms with van der Waals surface area (Å²) in [7, 11) is 1.56. The molecule has 1 N–H and O–H groups in total. The minimum absolute atomic E-state index is 0.194. The summed E-state index contributed by atoms with van der Waals surface area (Å²) in [5.74, 6) is 0.749. The maximum absolute atomic E-state index is 9.37. The van der Waals surface area contributed by atoms with Crippen LogP contribution in [-0.2, 0) is 6.54 Å². The second kappa shape index (κ2) is 3.43. The van der Waals surface area contributed by atoms with Crippen molar-refractivity contribution in [2.75, 3.05) is 7.11 Å². The Bertz CT molecular complexity index is 284. The molecule has 0 bridgehead atoms. The number of hydrogen-bond acceptors (Lipinski definition) is 2. The molecular formula is C9H14NO2+. The predicted molar refractivity (Wildman–Crippen MR) is 45.3 cm³/mol. The maximum atomic E-state index is 9.37. The Labute approximate surface area is 72.2 Å². The van der Waals surface area contributed by atoms with E-state index in [4.69, 9.17) is 4.74 Å². The standard InChI is InChI=1S/C9H13NO2/c1-4-10-6-5-8(11)9(12-3)7(10)2/h5-6H,4H2,1-3H3/p+1. The smallest absolute Gasteiger partial charge is 0.228 e. The van der Waals surface area contributed by atoms with Crippen LogP contribution in [0.25, 0.3) is 0 Å². The van der Waals surface area contributed by atoms with E-state index in [2.05, 4.69) is 0 Å². The third-order valence-corrected chi connectivity index (χ3v) is 1.95. The summed E-state index contributed by atoms with van der Waals surface area (Å²) in [6.45, 7) is 4.84. The fourth-order valence-corrected chi connectivity index (χ4v) is 1.26. The Balaban J connectivity index is 3.24. The van der Waals surface area contributed by atoms with Gasteiger partial charge in [0.05, 0.1) is 7.11 Å². The highest BCUT2D eigenvalue weighted by molar-refractivity contribution is 5.38. The largest absolute Gasteiger partial charge is 0.504 e. The molecule has 0 unspecified atom stereocenters. The Kier molecular flexibility index (Phi) is 2.53. The van der Waals surface area contributed by atoms with E-state index < -0.39 is 0 Å². The van der Waals surface area contributed by atoms with Crippen molar-refractivity contribution >= 4 is 0 Å². The van der Waals surface area contributed by atoms with Gasteiger partial charge in [-0.15, -0.1) is 0 Å². The molecule has 0 atom stereocenters. The van der Waals surface area contributed by atoms with Crippen LogP contribution in [0.3, 0.4) is 0 Å². The van der Waals surface area contributed by atoms with Gasteiger partial charge in [-0.1, -0.05) is 0 Å². The number of aromatic hydroxyl groups is 1. The van der Waals surface area contributed by atoms with Crippen LogP contribution in [0.5, 0.6) is 11.5 Å². The first-order valence-corrected chi connectivity index (χ1v) is 3.96. The van der Waals surface area contributed by atoms with Crippen LogP contribution >= 0.6 is 0 Å². The van der Waals surface area contributed by atoms with E-state index in [0.29, 0.717) is 5.75 Å². The Hall–Kier alpha value is -1.25. The van der Waals surface area contributed by atoms with Gasteiger partial charge in [-0.2, -0.15) is 4.57 Å². The molecule has 0 aliphatic carbocycles. The van der Waals surface area contributed by atoms with Gasteiger partial charge >= 0.3 is 0 Å². The highest BCUT2D eigenvalue weighted by Crippen LogP contribution is 2.25. The molecule has 0 aliphatic heterocycles. The highest BCUT2D eigenvalue weighted by Gasteiger charge is 2.14. The van der Waals surface area contributed by atoms with E-state index >= 15 is 0 Å². The van der Waals surface area contributed by atoms with Crippen molar-refractivity contribution in [2.45, 2.75) is 20.4 Å². The van der Waals surface area contributed by atoms with Crippen molar-refractivity contribution < 1.29 is 14.4 Å². The van der Waals surface area contributed by atoms with E-state index in [1.807, 2.05) is 24.6 Å². The van der Waals surface area contributed by atoms with Crippen molar-refractivity contribution in [3.63, 3.8) is 0 Å². The van der Waals surface area contributed by atoms with Crippen LogP contribution in [0.4, 0.5) is 0 Å². The molecule has 0 aliphatic rings. The van der Waals surface area contributed by atoms with Crippen LogP contribution in [0, 0.1) is 6.92 Å².